The SMILES string of the molecule is CCOC(=O)C1=C(c2ccccc2)N=c2s/c(=C\c3ccc(F)cc3)c(=O)n2[C@H]1c1ccc(OC)cc1. The van der Waals surface area contributed by atoms with Crippen molar-refractivity contribution in [1.29, 1.82) is 0 Å². The Morgan fingerprint density at radius 1 is 1.05 bits per heavy atom. The van der Waals surface area contributed by atoms with Crippen LogP contribution in [0.15, 0.2) is 94.2 Å². The van der Waals surface area contributed by atoms with Gasteiger partial charge in [0.05, 0.1) is 35.6 Å². The Morgan fingerprint density at radius 2 is 1.76 bits per heavy atom. The summed E-state index contributed by atoms with van der Waals surface area (Å²) in [6.07, 6.45) is 1.70. The topological polar surface area (TPSA) is 69.9 Å². The molecule has 8 heteroatoms. The van der Waals surface area contributed by atoms with Crippen LogP contribution in [-0.2, 0) is 9.53 Å². The Kier molecular flexibility index (Phi) is 6.83. The number of aromatic nitrogens is 1. The first-order chi connectivity index (χ1) is 18.0. The minimum absolute atomic E-state index is 0.175. The first kappa shape index (κ1) is 24.4. The summed E-state index contributed by atoms with van der Waals surface area (Å²) in [7, 11) is 1.57. The van der Waals surface area contributed by atoms with Crippen molar-refractivity contribution in [1.82, 2.24) is 4.57 Å². The number of rotatable bonds is 6. The van der Waals surface area contributed by atoms with Crippen molar-refractivity contribution in [3.8, 4) is 5.75 Å². The number of fused-ring (bicyclic) bond motifs is 1. The predicted molar refractivity (Wildman–Crippen MR) is 140 cm³/mol. The number of esters is 1. The molecule has 0 saturated heterocycles. The number of nitrogens with zero attached hydrogens (tertiary/aromatic N) is 2. The van der Waals surface area contributed by atoms with Crippen LogP contribution in [-0.4, -0.2) is 24.3 Å². The van der Waals surface area contributed by atoms with Gasteiger partial charge in [0, 0.05) is 5.56 Å². The quantitative estimate of drug-likeness (QED) is 0.364. The molecule has 3 aromatic carbocycles. The van der Waals surface area contributed by atoms with Crippen molar-refractivity contribution in [3.05, 3.63) is 127 Å². The summed E-state index contributed by atoms with van der Waals surface area (Å²) >= 11 is 1.22. The molecule has 0 fully saturated rings. The highest BCUT2D eigenvalue weighted by atomic mass is 32.1. The van der Waals surface area contributed by atoms with Crippen molar-refractivity contribution < 1.29 is 18.7 Å². The number of ether oxygens (including phenoxy) is 2. The minimum Gasteiger partial charge on any atom is -0.497 e. The summed E-state index contributed by atoms with van der Waals surface area (Å²) in [4.78, 5) is 32.4. The largest absolute Gasteiger partial charge is 0.497 e. The zero-order chi connectivity index (χ0) is 25.9. The number of carbonyl (C=O) groups excluding carboxylic acids is 1. The van der Waals surface area contributed by atoms with E-state index in [0.717, 1.165) is 5.56 Å². The van der Waals surface area contributed by atoms with Crippen molar-refractivity contribution >= 4 is 29.1 Å². The fourth-order valence-electron chi connectivity index (χ4n) is 4.25. The van der Waals surface area contributed by atoms with Crippen LogP contribution in [0.4, 0.5) is 4.39 Å². The second-order valence-electron chi connectivity index (χ2n) is 8.26. The predicted octanol–water partition coefficient (Wildman–Crippen LogP) is 4.08. The van der Waals surface area contributed by atoms with Gasteiger partial charge in [0.2, 0.25) is 0 Å². The van der Waals surface area contributed by atoms with E-state index in [9.17, 15) is 14.0 Å². The summed E-state index contributed by atoms with van der Waals surface area (Å²) in [6.45, 7) is 1.91. The molecule has 6 nitrogen and oxygen atoms in total. The smallest absolute Gasteiger partial charge is 0.338 e. The normalized spacial score (nSPS) is 15.2. The molecule has 186 valence electrons. The zero-order valence-electron chi connectivity index (χ0n) is 20.2. The van der Waals surface area contributed by atoms with Crippen LogP contribution in [0.25, 0.3) is 11.8 Å². The molecule has 2 heterocycles. The molecule has 1 aliphatic heterocycles. The highest BCUT2D eigenvalue weighted by Gasteiger charge is 2.35. The lowest BCUT2D eigenvalue weighted by atomic mass is 9.93. The molecule has 1 aliphatic rings. The fourth-order valence-corrected chi connectivity index (χ4v) is 5.25. The molecule has 0 aliphatic carbocycles. The number of methoxy groups -OCH3 is 1. The van der Waals surface area contributed by atoms with E-state index in [-0.39, 0.29) is 23.6 Å². The molecule has 0 N–H and O–H groups in total. The van der Waals surface area contributed by atoms with Crippen LogP contribution in [0.5, 0.6) is 5.75 Å². The average Bonchev–Trinajstić information content (AvgIpc) is 3.24. The van der Waals surface area contributed by atoms with E-state index in [1.807, 2.05) is 42.5 Å². The molecule has 0 radical (unpaired) electrons. The third-order valence-electron chi connectivity index (χ3n) is 5.97. The lowest BCUT2D eigenvalue weighted by Gasteiger charge is -2.26. The van der Waals surface area contributed by atoms with Crippen molar-refractivity contribution in [2.75, 3.05) is 13.7 Å². The van der Waals surface area contributed by atoms with E-state index in [4.69, 9.17) is 14.5 Å². The van der Waals surface area contributed by atoms with Gasteiger partial charge in [0.1, 0.15) is 11.6 Å². The highest BCUT2D eigenvalue weighted by Crippen LogP contribution is 2.35. The molecule has 37 heavy (non-hydrogen) atoms. The minimum atomic E-state index is -0.771. The number of hydrogen-bond acceptors (Lipinski definition) is 6. The number of benzene rings is 3. The molecule has 0 amide bonds. The van der Waals surface area contributed by atoms with E-state index in [1.165, 1.54) is 28.0 Å². The number of carbonyl (C=O) groups is 1. The van der Waals surface area contributed by atoms with Gasteiger partial charge in [0.25, 0.3) is 5.56 Å². The second-order valence-corrected chi connectivity index (χ2v) is 9.27. The summed E-state index contributed by atoms with van der Waals surface area (Å²) < 4.78 is 26.1. The maximum absolute atomic E-state index is 13.8. The van der Waals surface area contributed by atoms with Gasteiger partial charge in [-0.25, -0.2) is 14.2 Å². The Balaban J connectivity index is 1.81. The average molecular weight is 515 g/mol. The van der Waals surface area contributed by atoms with E-state index in [0.29, 0.717) is 31.9 Å². The molecule has 0 unspecified atom stereocenters. The third kappa shape index (κ3) is 4.75. The number of halogens is 1. The standard InChI is InChI=1S/C29H23FN2O4S/c1-3-36-28(34)24-25(19-7-5-4-6-8-19)31-29-32(26(24)20-11-15-22(35-2)16-12-20)27(33)23(37-29)17-18-9-13-21(30)14-10-18/h4-17,26H,3H2,1-2H3/b23-17-/t26-/m0/s1. The lowest BCUT2D eigenvalue weighted by molar-refractivity contribution is -0.138. The first-order valence-corrected chi connectivity index (χ1v) is 12.5. The van der Waals surface area contributed by atoms with Gasteiger partial charge < -0.3 is 9.47 Å². The Bertz CT molecular complexity index is 1650. The van der Waals surface area contributed by atoms with Crippen LogP contribution >= 0.6 is 11.3 Å². The van der Waals surface area contributed by atoms with E-state index >= 15 is 0 Å². The van der Waals surface area contributed by atoms with Gasteiger partial charge in [0.15, 0.2) is 4.80 Å². The Morgan fingerprint density at radius 3 is 2.41 bits per heavy atom. The zero-order valence-corrected chi connectivity index (χ0v) is 21.0. The number of hydrogen-bond donors (Lipinski definition) is 0. The van der Waals surface area contributed by atoms with E-state index < -0.39 is 12.0 Å². The molecule has 1 atom stereocenters. The summed E-state index contributed by atoms with van der Waals surface area (Å²) in [5.74, 6) is -0.249. The highest BCUT2D eigenvalue weighted by molar-refractivity contribution is 7.07. The molecular formula is C29H23FN2O4S. The van der Waals surface area contributed by atoms with Gasteiger partial charge in [-0.15, -0.1) is 0 Å². The third-order valence-corrected chi connectivity index (χ3v) is 6.96. The van der Waals surface area contributed by atoms with Crippen LogP contribution in [0.1, 0.15) is 29.7 Å². The van der Waals surface area contributed by atoms with Crippen LogP contribution < -0.4 is 19.6 Å². The Hall–Kier alpha value is -4.30. The van der Waals surface area contributed by atoms with E-state index in [1.54, 1.807) is 44.4 Å². The maximum atomic E-state index is 13.8. The summed E-state index contributed by atoms with van der Waals surface area (Å²) in [5, 5.41) is 0. The van der Waals surface area contributed by atoms with Crippen LogP contribution in [0.3, 0.4) is 0 Å². The van der Waals surface area contributed by atoms with Crippen LogP contribution in [0.2, 0.25) is 0 Å². The molecule has 0 spiro atoms. The molecule has 4 aromatic rings. The molecular weight excluding hydrogens is 491 g/mol. The first-order valence-electron chi connectivity index (χ1n) is 11.7. The monoisotopic (exact) mass is 514 g/mol. The van der Waals surface area contributed by atoms with E-state index in [2.05, 4.69) is 0 Å². The lowest BCUT2D eigenvalue weighted by Crippen LogP contribution is -2.40. The van der Waals surface area contributed by atoms with Gasteiger partial charge in [-0.05, 0) is 48.4 Å². The van der Waals surface area contributed by atoms with Gasteiger partial charge in [-0.3, -0.25) is 9.36 Å². The van der Waals surface area contributed by atoms with Crippen molar-refractivity contribution in [3.63, 3.8) is 0 Å². The fraction of sp³-hybridized carbons (Fsp3) is 0.138. The number of thiazole rings is 1. The second kappa shape index (κ2) is 10.4. The van der Waals surface area contributed by atoms with Gasteiger partial charge >= 0.3 is 5.97 Å². The molecule has 0 saturated carbocycles. The Labute approximate surface area is 216 Å². The molecule has 0 bridgehead atoms. The van der Waals surface area contributed by atoms with Crippen LogP contribution in [0, 0.1) is 5.82 Å². The van der Waals surface area contributed by atoms with Gasteiger partial charge in [-0.2, -0.15) is 0 Å². The molecule has 1 aromatic heterocycles. The summed E-state index contributed by atoms with van der Waals surface area (Å²) in [5.41, 5.74) is 2.55. The van der Waals surface area contributed by atoms with Crippen molar-refractivity contribution in [2.24, 2.45) is 4.99 Å². The van der Waals surface area contributed by atoms with Gasteiger partial charge in [-0.1, -0.05) is 65.9 Å². The summed E-state index contributed by atoms with van der Waals surface area (Å²) in [6, 6.07) is 21.7. The maximum Gasteiger partial charge on any atom is 0.338 e. The van der Waals surface area contributed by atoms with Crippen molar-refractivity contribution in [2.45, 2.75) is 13.0 Å². The molecule has 5 rings (SSSR count).